The Kier molecular flexibility index (Phi) is 4.71. The first kappa shape index (κ1) is 9.96. The van der Waals surface area contributed by atoms with Crippen LogP contribution in [0.2, 0.25) is 0 Å². The van der Waals surface area contributed by atoms with E-state index in [1.807, 2.05) is 0 Å². The Hall–Kier alpha value is -0.0400. The van der Waals surface area contributed by atoms with Gasteiger partial charge >= 0.3 is 0 Å². The molecule has 1 nitrogen and oxygen atoms in total. The molecular weight excluding hydrogens is 122 g/mol. The van der Waals surface area contributed by atoms with Gasteiger partial charge in [-0.2, -0.15) is 0 Å². The lowest BCUT2D eigenvalue weighted by atomic mass is 9.95. The second-order valence-electron chi connectivity index (χ2n) is 3.28. The fourth-order valence-corrected chi connectivity index (χ4v) is 1.39. The van der Waals surface area contributed by atoms with Crippen molar-refractivity contribution in [1.29, 1.82) is 0 Å². The normalized spacial score (nSPS) is 14.7. The molecule has 0 unspecified atom stereocenters. The van der Waals surface area contributed by atoms with Crippen LogP contribution in [0, 0.1) is 5.92 Å². The summed E-state index contributed by atoms with van der Waals surface area (Å²) in [4.78, 5) is 2.30. The minimum atomic E-state index is 0.731. The average Bonchev–Trinajstić information content (AvgIpc) is 1.90. The zero-order valence-electron chi connectivity index (χ0n) is 8.02. The summed E-state index contributed by atoms with van der Waals surface area (Å²) in [7, 11) is 4.31. The number of rotatable bonds is 4. The van der Waals surface area contributed by atoms with E-state index in [1.165, 1.54) is 12.8 Å². The Morgan fingerprint density at radius 3 is 1.60 bits per heavy atom. The van der Waals surface area contributed by atoms with Crippen molar-refractivity contribution in [3.63, 3.8) is 0 Å². The predicted octanol–water partition coefficient (Wildman–Crippen LogP) is 2.37. The SMILES string of the molecule is CCC(CC)[C@@H](C)N(C)C. The molecule has 1 heteroatoms. The molecular formula is C9H21N. The van der Waals surface area contributed by atoms with Gasteiger partial charge in [0.15, 0.2) is 0 Å². The first-order valence-electron chi connectivity index (χ1n) is 4.29. The lowest BCUT2D eigenvalue weighted by molar-refractivity contribution is 0.217. The van der Waals surface area contributed by atoms with Gasteiger partial charge in [-0.15, -0.1) is 0 Å². The third-order valence-corrected chi connectivity index (χ3v) is 2.55. The highest BCUT2D eigenvalue weighted by Crippen LogP contribution is 2.15. The maximum Gasteiger partial charge on any atom is 0.00888 e. The van der Waals surface area contributed by atoms with Crippen LogP contribution in [-0.4, -0.2) is 25.0 Å². The van der Waals surface area contributed by atoms with E-state index >= 15 is 0 Å². The van der Waals surface area contributed by atoms with Gasteiger partial charge in [0.2, 0.25) is 0 Å². The quantitative estimate of drug-likeness (QED) is 0.584. The van der Waals surface area contributed by atoms with Crippen LogP contribution < -0.4 is 0 Å². The molecule has 0 aromatic carbocycles. The molecule has 1 atom stereocenters. The summed E-state index contributed by atoms with van der Waals surface area (Å²) in [6, 6.07) is 0.731. The van der Waals surface area contributed by atoms with Gasteiger partial charge in [-0.05, 0) is 26.9 Å². The fraction of sp³-hybridized carbons (Fsp3) is 1.00. The first-order chi connectivity index (χ1) is 4.63. The molecule has 0 heterocycles. The molecule has 62 valence electrons. The van der Waals surface area contributed by atoms with Crippen molar-refractivity contribution in [2.24, 2.45) is 5.92 Å². The van der Waals surface area contributed by atoms with Gasteiger partial charge in [0, 0.05) is 6.04 Å². The van der Waals surface area contributed by atoms with Crippen molar-refractivity contribution in [2.75, 3.05) is 14.1 Å². The second-order valence-corrected chi connectivity index (χ2v) is 3.28. The molecule has 0 N–H and O–H groups in total. The Balaban J connectivity index is 3.76. The van der Waals surface area contributed by atoms with Crippen LogP contribution in [0.5, 0.6) is 0 Å². The summed E-state index contributed by atoms with van der Waals surface area (Å²) in [6.45, 7) is 6.85. The van der Waals surface area contributed by atoms with Crippen molar-refractivity contribution < 1.29 is 0 Å². The minimum Gasteiger partial charge on any atom is -0.306 e. The van der Waals surface area contributed by atoms with E-state index in [0.717, 1.165) is 12.0 Å². The molecule has 0 rings (SSSR count). The first-order valence-corrected chi connectivity index (χ1v) is 4.29. The number of hydrogen-bond donors (Lipinski definition) is 0. The van der Waals surface area contributed by atoms with Crippen molar-refractivity contribution in [3.8, 4) is 0 Å². The number of hydrogen-bond acceptors (Lipinski definition) is 1. The zero-order valence-corrected chi connectivity index (χ0v) is 8.02. The summed E-state index contributed by atoms with van der Waals surface area (Å²) in [6.07, 6.45) is 2.60. The summed E-state index contributed by atoms with van der Waals surface area (Å²) < 4.78 is 0. The molecule has 0 aliphatic carbocycles. The third kappa shape index (κ3) is 2.70. The van der Waals surface area contributed by atoms with E-state index in [2.05, 4.69) is 39.8 Å². The Morgan fingerprint density at radius 1 is 1.10 bits per heavy atom. The monoisotopic (exact) mass is 143 g/mol. The summed E-state index contributed by atoms with van der Waals surface area (Å²) >= 11 is 0. The van der Waals surface area contributed by atoms with E-state index in [9.17, 15) is 0 Å². The lowest BCUT2D eigenvalue weighted by Crippen LogP contribution is -2.31. The van der Waals surface area contributed by atoms with E-state index in [4.69, 9.17) is 0 Å². The van der Waals surface area contributed by atoms with Crippen molar-refractivity contribution >= 4 is 0 Å². The van der Waals surface area contributed by atoms with Crippen LogP contribution >= 0.6 is 0 Å². The van der Waals surface area contributed by atoms with E-state index in [1.54, 1.807) is 0 Å². The molecule has 0 fully saturated rings. The van der Waals surface area contributed by atoms with Crippen LogP contribution in [0.25, 0.3) is 0 Å². The standard InChI is InChI=1S/C9H21N/c1-6-9(7-2)8(3)10(4)5/h8-9H,6-7H2,1-5H3/t8-/m1/s1. The van der Waals surface area contributed by atoms with Gasteiger partial charge in [0.25, 0.3) is 0 Å². The maximum atomic E-state index is 2.30. The molecule has 0 amide bonds. The van der Waals surface area contributed by atoms with Crippen molar-refractivity contribution in [2.45, 2.75) is 39.7 Å². The van der Waals surface area contributed by atoms with Gasteiger partial charge in [-0.3, -0.25) is 0 Å². The van der Waals surface area contributed by atoms with E-state index in [0.29, 0.717) is 0 Å². The molecule has 0 aliphatic heterocycles. The Labute approximate surface area is 65.4 Å². The molecule has 10 heavy (non-hydrogen) atoms. The minimum absolute atomic E-state index is 0.731. The molecule has 0 bridgehead atoms. The molecule has 0 spiro atoms. The topological polar surface area (TPSA) is 3.24 Å². The molecule has 0 radical (unpaired) electrons. The van der Waals surface area contributed by atoms with Gasteiger partial charge in [-0.25, -0.2) is 0 Å². The largest absolute Gasteiger partial charge is 0.306 e. The zero-order chi connectivity index (χ0) is 8.15. The van der Waals surface area contributed by atoms with Crippen LogP contribution in [0.15, 0.2) is 0 Å². The van der Waals surface area contributed by atoms with E-state index in [-0.39, 0.29) is 0 Å². The van der Waals surface area contributed by atoms with Gasteiger partial charge in [-0.1, -0.05) is 26.7 Å². The van der Waals surface area contributed by atoms with E-state index < -0.39 is 0 Å². The maximum absolute atomic E-state index is 2.30. The Morgan fingerprint density at radius 2 is 1.50 bits per heavy atom. The fourth-order valence-electron chi connectivity index (χ4n) is 1.39. The molecule has 0 aromatic heterocycles. The van der Waals surface area contributed by atoms with Crippen LogP contribution in [-0.2, 0) is 0 Å². The molecule has 0 saturated heterocycles. The molecule has 0 aromatic rings. The van der Waals surface area contributed by atoms with Crippen LogP contribution in [0.1, 0.15) is 33.6 Å². The summed E-state index contributed by atoms with van der Waals surface area (Å²) in [5.41, 5.74) is 0. The van der Waals surface area contributed by atoms with Gasteiger partial charge in [0.1, 0.15) is 0 Å². The second kappa shape index (κ2) is 4.73. The Bertz CT molecular complexity index is 74.8. The predicted molar refractivity (Wildman–Crippen MR) is 47.2 cm³/mol. The highest BCUT2D eigenvalue weighted by Gasteiger charge is 2.14. The van der Waals surface area contributed by atoms with Crippen molar-refractivity contribution in [3.05, 3.63) is 0 Å². The van der Waals surface area contributed by atoms with Crippen molar-refractivity contribution in [1.82, 2.24) is 4.90 Å². The summed E-state index contributed by atoms with van der Waals surface area (Å²) in [5, 5.41) is 0. The number of nitrogens with zero attached hydrogens (tertiary/aromatic N) is 1. The molecule has 0 saturated carbocycles. The highest BCUT2D eigenvalue weighted by molar-refractivity contribution is 4.68. The van der Waals surface area contributed by atoms with Crippen LogP contribution in [0.3, 0.4) is 0 Å². The third-order valence-electron chi connectivity index (χ3n) is 2.55. The van der Waals surface area contributed by atoms with Crippen LogP contribution in [0.4, 0.5) is 0 Å². The van der Waals surface area contributed by atoms with Gasteiger partial charge in [0.05, 0.1) is 0 Å². The molecule has 0 aliphatic rings. The smallest absolute Gasteiger partial charge is 0.00888 e. The van der Waals surface area contributed by atoms with Gasteiger partial charge < -0.3 is 4.90 Å². The average molecular weight is 143 g/mol. The highest BCUT2D eigenvalue weighted by atomic mass is 15.1. The lowest BCUT2D eigenvalue weighted by Gasteiger charge is -2.27. The summed E-state index contributed by atoms with van der Waals surface area (Å²) in [5.74, 6) is 0.870.